The summed E-state index contributed by atoms with van der Waals surface area (Å²) in [6.45, 7) is 7.41. The Balaban J connectivity index is 1.56. The average Bonchev–Trinajstić information content (AvgIpc) is 3.31. The molecule has 2 aromatic carbocycles. The second kappa shape index (κ2) is 11.8. The van der Waals surface area contributed by atoms with Gasteiger partial charge in [-0.15, -0.1) is 0 Å². The van der Waals surface area contributed by atoms with E-state index in [1.54, 1.807) is 29.7 Å². The Labute approximate surface area is 241 Å². The van der Waals surface area contributed by atoms with Crippen molar-refractivity contribution in [3.05, 3.63) is 112 Å². The minimum atomic E-state index is -0.604. The third kappa shape index (κ3) is 5.48. The fourth-order valence-electron chi connectivity index (χ4n) is 4.72. The zero-order chi connectivity index (χ0) is 29.8. The number of pyridine rings is 1. The van der Waals surface area contributed by atoms with Crippen molar-refractivity contribution in [1.29, 1.82) is 0 Å². The van der Waals surface area contributed by atoms with Crippen LogP contribution in [0.5, 0.6) is 0 Å². The van der Waals surface area contributed by atoms with Crippen LogP contribution in [-0.2, 0) is 4.79 Å². The molecule has 4 N–H and O–H groups in total. The van der Waals surface area contributed by atoms with Crippen molar-refractivity contribution in [1.82, 2.24) is 29.8 Å². The summed E-state index contributed by atoms with van der Waals surface area (Å²) in [5.74, 6) is 5.44. The van der Waals surface area contributed by atoms with Gasteiger partial charge in [0.05, 0.1) is 17.1 Å². The lowest BCUT2D eigenvalue weighted by Gasteiger charge is -2.21. The molecule has 2 amide bonds. The van der Waals surface area contributed by atoms with Gasteiger partial charge in [0.1, 0.15) is 0 Å². The number of para-hydroxylation sites is 1. The number of carbonyl (C=O) groups excluding carboxylic acids is 2. The Morgan fingerprint density at radius 2 is 1.90 bits per heavy atom. The van der Waals surface area contributed by atoms with E-state index in [-0.39, 0.29) is 23.0 Å². The Hall–Kier alpha value is -5.69. The van der Waals surface area contributed by atoms with Crippen LogP contribution in [0.4, 0.5) is 5.82 Å². The van der Waals surface area contributed by atoms with Crippen LogP contribution in [0.15, 0.2) is 84.2 Å². The number of amides is 2. The lowest BCUT2D eigenvalue weighted by molar-refractivity contribution is -0.116. The maximum absolute atomic E-state index is 14.1. The van der Waals surface area contributed by atoms with Gasteiger partial charge in [0.2, 0.25) is 5.91 Å². The van der Waals surface area contributed by atoms with Crippen molar-refractivity contribution in [2.24, 2.45) is 0 Å². The van der Waals surface area contributed by atoms with Gasteiger partial charge >= 0.3 is 0 Å². The standard InChI is InChI=1S/C32H29N7O3/c1-4-27(40)34-18-9-8-11-22-12-10-13-23-19-25(38(32(42)28(22)23)24-14-6-5-7-15-24)21(3)35-31(41)29-30(33)36-26-17-16-20(2)37-39(26)29/h4-7,10,12-17,19,21H,1,9,18,33H2,2-3H3,(H,34,40)(H,35,41)/t21-/m0/s1. The number of nitrogens with one attached hydrogen (secondary N) is 2. The number of anilines is 1. The van der Waals surface area contributed by atoms with Crippen LogP contribution in [0.2, 0.25) is 0 Å². The van der Waals surface area contributed by atoms with E-state index in [1.807, 2.05) is 55.5 Å². The van der Waals surface area contributed by atoms with Gasteiger partial charge in [0.15, 0.2) is 17.2 Å². The largest absolute Gasteiger partial charge is 0.382 e. The van der Waals surface area contributed by atoms with Crippen molar-refractivity contribution in [3.8, 4) is 17.5 Å². The number of aryl methyl sites for hydroxylation is 1. The van der Waals surface area contributed by atoms with Crippen LogP contribution in [0.3, 0.4) is 0 Å². The Morgan fingerprint density at radius 3 is 2.67 bits per heavy atom. The number of fused-ring (bicyclic) bond motifs is 2. The molecule has 3 heterocycles. The molecule has 0 aliphatic heterocycles. The molecule has 1 atom stereocenters. The molecule has 0 unspecified atom stereocenters. The number of benzene rings is 2. The first-order valence-electron chi connectivity index (χ1n) is 13.3. The van der Waals surface area contributed by atoms with E-state index in [9.17, 15) is 14.4 Å². The smallest absolute Gasteiger partial charge is 0.274 e. The predicted molar refractivity (Wildman–Crippen MR) is 162 cm³/mol. The van der Waals surface area contributed by atoms with Crippen LogP contribution in [-0.4, -0.2) is 37.5 Å². The highest BCUT2D eigenvalue weighted by Crippen LogP contribution is 2.24. The number of carbonyl (C=O) groups is 2. The summed E-state index contributed by atoms with van der Waals surface area (Å²) in [5, 5.41) is 11.2. The molecular formula is C32H29N7O3. The van der Waals surface area contributed by atoms with Crippen molar-refractivity contribution >= 4 is 34.1 Å². The normalized spacial score (nSPS) is 11.5. The predicted octanol–water partition coefficient (Wildman–Crippen LogP) is 3.46. The van der Waals surface area contributed by atoms with E-state index in [0.29, 0.717) is 52.0 Å². The lowest BCUT2D eigenvalue weighted by Crippen LogP contribution is -2.33. The van der Waals surface area contributed by atoms with Gasteiger partial charge in [-0.2, -0.15) is 5.10 Å². The molecular weight excluding hydrogens is 530 g/mol. The lowest BCUT2D eigenvalue weighted by atomic mass is 10.0. The number of aromatic nitrogens is 4. The SMILES string of the molecule is C=CC(=O)NCCC#Cc1cccc2cc([C@H](C)NC(=O)c3c(N)nc4ccc(C)nn34)n(-c3ccccc3)c(=O)c12. The van der Waals surface area contributed by atoms with E-state index >= 15 is 0 Å². The Morgan fingerprint density at radius 1 is 1.12 bits per heavy atom. The summed E-state index contributed by atoms with van der Waals surface area (Å²) in [5.41, 5.74) is 8.90. The van der Waals surface area contributed by atoms with Crippen LogP contribution in [0.25, 0.3) is 22.1 Å². The Kier molecular flexibility index (Phi) is 7.84. The van der Waals surface area contributed by atoms with Crippen LogP contribution in [0, 0.1) is 18.8 Å². The molecule has 3 aromatic heterocycles. The maximum Gasteiger partial charge on any atom is 0.274 e. The first-order valence-corrected chi connectivity index (χ1v) is 13.3. The van der Waals surface area contributed by atoms with Crippen molar-refractivity contribution in [2.45, 2.75) is 26.3 Å². The zero-order valence-corrected chi connectivity index (χ0v) is 23.2. The molecule has 0 saturated carbocycles. The first-order chi connectivity index (χ1) is 20.3. The van der Waals surface area contributed by atoms with E-state index in [1.165, 1.54) is 10.6 Å². The second-order valence-electron chi connectivity index (χ2n) is 9.65. The molecule has 210 valence electrons. The van der Waals surface area contributed by atoms with Crippen LogP contribution < -0.4 is 21.9 Å². The molecule has 0 aliphatic carbocycles. The minimum Gasteiger partial charge on any atom is -0.382 e. The summed E-state index contributed by atoms with van der Waals surface area (Å²) < 4.78 is 3.01. The number of rotatable bonds is 7. The van der Waals surface area contributed by atoms with E-state index in [4.69, 9.17) is 5.73 Å². The topological polar surface area (TPSA) is 136 Å². The monoisotopic (exact) mass is 559 g/mol. The van der Waals surface area contributed by atoms with Crippen LogP contribution >= 0.6 is 0 Å². The highest BCUT2D eigenvalue weighted by Gasteiger charge is 2.23. The number of nitrogens with two attached hydrogens (primary N) is 1. The molecule has 0 spiro atoms. The fraction of sp³-hybridized carbons (Fsp3) is 0.156. The molecule has 0 saturated heterocycles. The maximum atomic E-state index is 14.1. The van der Waals surface area contributed by atoms with Crippen LogP contribution in [0.1, 0.15) is 46.8 Å². The summed E-state index contributed by atoms with van der Waals surface area (Å²) >= 11 is 0. The van der Waals surface area contributed by atoms with Gasteiger partial charge in [0.25, 0.3) is 11.5 Å². The Bertz CT molecular complexity index is 1960. The van der Waals surface area contributed by atoms with Crippen molar-refractivity contribution in [2.75, 3.05) is 12.3 Å². The molecule has 5 aromatic rings. The third-order valence-corrected chi connectivity index (χ3v) is 6.69. The van der Waals surface area contributed by atoms with Gasteiger partial charge in [-0.25, -0.2) is 9.50 Å². The molecule has 0 fully saturated rings. The third-order valence-electron chi connectivity index (χ3n) is 6.69. The van der Waals surface area contributed by atoms with Gasteiger partial charge in [-0.3, -0.25) is 19.0 Å². The minimum absolute atomic E-state index is 0.0593. The van der Waals surface area contributed by atoms with Gasteiger partial charge in [-0.05, 0) is 61.7 Å². The average molecular weight is 560 g/mol. The van der Waals surface area contributed by atoms with E-state index in [2.05, 4.69) is 39.1 Å². The number of imidazole rings is 1. The zero-order valence-electron chi connectivity index (χ0n) is 23.2. The summed E-state index contributed by atoms with van der Waals surface area (Å²) in [6, 6.07) is 19.5. The molecule has 5 rings (SSSR count). The molecule has 10 nitrogen and oxygen atoms in total. The quantitative estimate of drug-likeness (QED) is 0.159. The van der Waals surface area contributed by atoms with E-state index < -0.39 is 11.9 Å². The molecule has 0 radical (unpaired) electrons. The highest BCUT2D eigenvalue weighted by molar-refractivity contribution is 5.98. The molecule has 0 bridgehead atoms. The van der Waals surface area contributed by atoms with E-state index in [0.717, 1.165) is 0 Å². The second-order valence-corrected chi connectivity index (χ2v) is 9.65. The highest BCUT2D eigenvalue weighted by atomic mass is 16.2. The fourth-order valence-corrected chi connectivity index (χ4v) is 4.72. The number of hydrogen-bond donors (Lipinski definition) is 3. The summed E-state index contributed by atoms with van der Waals surface area (Å²) in [6.07, 6.45) is 1.61. The summed E-state index contributed by atoms with van der Waals surface area (Å²) in [7, 11) is 0. The van der Waals surface area contributed by atoms with Gasteiger partial charge < -0.3 is 16.4 Å². The molecule has 10 heteroatoms. The summed E-state index contributed by atoms with van der Waals surface area (Å²) in [4.78, 5) is 43.3. The van der Waals surface area contributed by atoms with Crippen molar-refractivity contribution in [3.63, 3.8) is 0 Å². The number of hydrogen-bond acceptors (Lipinski definition) is 6. The number of nitrogen functional groups attached to an aromatic ring is 1. The molecule has 42 heavy (non-hydrogen) atoms. The van der Waals surface area contributed by atoms with Gasteiger partial charge in [-0.1, -0.05) is 48.8 Å². The van der Waals surface area contributed by atoms with Crippen molar-refractivity contribution < 1.29 is 9.59 Å². The van der Waals surface area contributed by atoms with Gasteiger partial charge in [0, 0.05) is 29.9 Å². The number of nitrogens with zero attached hydrogens (tertiary/aromatic N) is 4. The first kappa shape index (κ1) is 27.9. The molecule has 0 aliphatic rings.